The molecule has 1 fully saturated rings. The summed E-state index contributed by atoms with van der Waals surface area (Å²) in [4.78, 5) is 0. The maximum atomic E-state index is 2.41. The minimum Gasteiger partial charge on any atom is -0.0625 e. The van der Waals surface area contributed by atoms with Crippen molar-refractivity contribution >= 4 is 0 Å². The molecule has 1 aliphatic rings. The smallest absolute Gasteiger partial charge is 0.0391 e. The molecule has 0 aromatic rings. The van der Waals surface area contributed by atoms with Crippen LogP contribution < -0.4 is 0 Å². The summed E-state index contributed by atoms with van der Waals surface area (Å²) in [5.74, 6) is 1.93. The van der Waals surface area contributed by atoms with Gasteiger partial charge in [0.15, 0.2) is 0 Å². The summed E-state index contributed by atoms with van der Waals surface area (Å²) >= 11 is 0. The monoisotopic (exact) mass is 196 g/mol. The maximum Gasteiger partial charge on any atom is -0.0391 e. The quantitative estimate of drug-likeness (QED) is 0.542. The van der Waals surface area contributed by atoms with Crippen LogP contribution in [0.1, 0.15) is 78.1 Å². The summed E-state index contributed by atoms with van der Waals surface area (Å²) in [5.41, 5.74) is 0. The molecule has 0 radical (unpaired) electrons. The zero-order chi connectivity index (χ0) is 10.2. The van der Waals surface area contributed by atoms with E-state index in [1.165, 1.54) is 64.2 Å². The first-order valence-electron chi connectivity index (χ1n) is 6.80. The molecule has 1 saturated carbocycles. The molecule has 0 N–H and O–H groups in total. The summed E-state index contributed by atoms with van der Waals surface area (Å²) in [6.07, 6.45) is 14.9. The van der Waals surface area contributed by atoms with Crippen molar-refractivity contribution in [2.24, 2.45) is 11.8 Å². The highest BCUT2D eigenvalue weighted by Crippen LogP contribution is 2.26. The summed E-state index contributed by atoms with van der Waals surface area (Å²) in [7, 11) is 0. The fraction of sp³-hybridized carbons (Fsp3) is 1.00. The lowest BCUT2D eigenvalue weighted by Crippen LogP contribution is -2.08. The van der Waals surface area contributed by atoms with E-state index in [4.69, 9.17) is 0 Å². The van der Waals surface area contributed by atoms with Crippen LogP contribution in [0.5, 0.6) is 0 Å². The van der Waals surface area contributed by atoms with Gasteiger partial charge >= 0.3 is 0 Å². The van der Waals surface area contributed by atoms with Crippen molar-refractivity contribution in [2.75, 3.05) is 0 Å². The van der Waals surface area contributed by atoms with Crippen molar-refractivity contribution in [3.05, 3.63) is 0 Å². The van der Waals surface area contributed by atoms with Crippen LogP contribution in [-0.2, 0) is 0 Å². The SMILES string of the molecule is CC(C)C1CCCCCCCCCC1. The second-order valence-corrected chi connectivity index (χ2v) is 5.41. The van der Waals surface area contributed by atoms with Crippen molar-refractivity contribution in [1.29, 1.82) is 0 Å². The highest BCUT2D eigenvalue weighted by molar-refractivity contribution is 4.65. The first-order valence-corrected chi connectivity index (χ1v) is 6.80. The van der Waals surface area contributed by atoms with E-state index in [9.17, 15) is 0 Å². The lowest BCUT2D eigenvalue weighted by molar-refractivity contribution is 0.317. The number of hydrogen-bond acceptors (Lipinski definition) is 0. The molecule has 0 unspecified atom stereocenters. The normalized spacial score (nSPS) is 23.4. The van der Waals surface area contributed by atoms with E-state index in [1.807, 2.05) is 0 Å². The van der Waals surface area contributed by atoms with Gasteiger partial charge in [-0.05, 0) is 11.8 Å². The largest absolute Gasteiger partial charge is 0.0625 e. The highest BCUT2D eigenvalue weighted by Gasteiger charge is 2.12. The zero-order valence-electron chi connectivity index (χ0n) is 10.2. The van der Waals surface area contributed by atoms with Gasteiger partial charge in [-0.25, -0.2) is 0 Å². The molecule has 0 heterocycles. The van der Waals surface area contributed by atoms with Gasteiger partial charge in [0.1, 0.15) is 0 Å². The third kappa shape index (κ3) is 5.02. The van der Waals surface area contributed by atoms with Crippen LogP contribution in [0.2, 0.25) is 0 Å². The van der Waals surface area contributed by atoms with E-state index < -0.39 is 0 Å². The minimum atomic E-state index is 0.913. The minimum absolute atomic E-state index is 0.913. The molecule has 0 aromatic heterocycles. The zero-order valence-corrected chi connectivity index (χ0v) is 10.2. The Morgan fingerprint density at radius 2 is 1.00 bits per heavy atom. The Labute approximate surface area is 90.5 Å². The Balaban J connectivity index is 2.27. The summed E-state index contributed by atoms with van der Waals surface area (Å²) in [6.45, 7) is 4.81. The van der Waals surface area contributed by atoms with Crippen molar-refractivity contribution in [1.82, 2.24) is 0 Å². The lowest BCUT2D eigenvalue weighted by atomic mass is 9.86. The van der Waals surface area contributed by atoms with Crippen molar-refractivity contribution < 1.29 is 0 Å². The van der Waals surface area contributed by atoms with E-state index in [-0.39, 0.29) is 0 Å². The molecule has 0 aromatic carbocycles. The van der Waals surface area contributed by atoms with Gasteiger partial charge in [0.2, 0.25) is 0 Å². The van der Waals surface area contributed by atoms with Gasteiger partial charge in [-0.15, -0.1) is 0 Å². The van der Waals surface area contributed by atoms with Crippen LogP contribution in [-0.4, -0.2) is 0 Å². The van der Waals surface area contributed by atoms with Crippen LogP contribution in [0.25, 0.3) is 0 Å². The van der Waals surface area contributed by atoms with Gasteiger partial charge in [-0.3, -0.25) is 0 Å². The van der Waals surface area contributed by atoms with E-state index >= 15 is 0 Å². The molecule has 0 atom stereocenters. The van der Waals surface area contributed by atoms with Crippen LogP contribution in [0.3, 0.4) is 0 Å². The molecule has 84 valence electrons. The average Bonchev–Trinajstić information content (AvgIpc) is 2.21. The van der Waals surface area contributed by atoms with Gasteiger partial charge < -0.3 is 0 Å². The number of rotatable bonds is 1. The van der Waals surface area contributed by atoms with Crippen LogP contribution >= 0.6 is 0 Å². The second-order valence-electron chi connectivity index (χ2n) is 5.41. The first kappa shape index (κ1) is 12.1. The molecule has 0 aliphatic heterocycles. The fourth-order valence-electron chi connectivity index (χ4n) is 2.68. The van der Waals surface area contributed by atoms with Crippen molar-refractivity contribution in [2.45, 2.75) is 78.1 Å². The molecule has 14 heavy (non-hydrogen) atoms. The highest BCUT2D eigenvalue weighted by atomic mass is 14.2. The molecule has 0 nitrogen and oxygen atoms in total. The second kappa shape index (κ2) is 7.31. The third-order valence-corrected chi connectivity index (χ3v) is 3.84. The summed E-state index contributed by atoms with van der Waals surface area (Å²) in [6, 6.07) is 0. The van der Waals surface area contributed by atoms with Crippen molar-refractivity contribution in [3.8, 4) is 0 Å². The van der Waals surface area contributed by atoms with Crippen LogP contribution in [0, 0.1) is 11.8 Å². The Kier molecular flexibility index (Phi) is 6.31. The predicted octanol–water partition coefficient (Wildman–Crippen LogP) is 5.17. The average molecular weight is 196 g/mol. The van der Waals surface area contributed by atoms with E-state index in [0.717, 1.165) is 11.8 Å². The molecule has 0 amide bonds. The van der Waals surface area contributed by atoms with Crippen LogP contribution in [0.15, 0.2) is 0 Å². The Hall–Kier alpha value is 0. The molecular formula is C14H28. The molecule has 0 heteroatoms. The Bertz CT molecular complexity index is 114. The molecule has 0 spiro atoms. The molecular weight excluding hydrogens is 168 g/mol. The fourth-order valence-corrected chi connectivity index (χ4v) is 2.68. The molecule has 1 aliphatic carbocycles. The molecule has 0 saturated heterocycles. The van der Waals surface area contributed by atoms with Gasteiger partial charge in [0.25, 0.3) is 0 Å². The maximum absolute atomic E-state index is 2.41. The van der Waals surface area contributed by atoms with Crippen molar-refractivity contribution in [3.63, 3.8) is 0 Å². The van der Waals surface area contributed by atoms with E-state index in [0.29, 0.717) is 0 Å². The predicted molar refractivity (Wildman–Crippen MR) is 64.5 cm³/mol. The Morgan fingerprint density at radius 1 is 0.643 bits per heavy atom. The summed E-state index contributed by atoms with van der Waals surface area (Å²) in [5, 5.41) is 0. The summed E-state index contributed by atoms with van der Waals surface area (Å²) < 4.78 is 0. The van der Waals surface area contributed by atoms with Gasteiger partial charge in [0.05, 0.1) is 0 Å². The van der Waals surface area contributed by atoms with Crippen LogP contribution in [0.4, 0.5) is 0 Å². The molecule has 1 rings (SSSR count). The van der Waals surface area contributed by atoms with E-state index in [1.54, 1.807) is 0 Å². The standard InChI is InChI=1S/C14H28/c1-13(2)14-11-9-7-5-3-4-6-8-10-12-14/h13-14H,3-12H2,1-2H3. The molecule has 0 bridgehead atoms. The van der Waals surface area contributed by atoms with Gasteiger partial charge in [-0.2, -0.15) is 0 Å². The van der Waals surface area contributed by atoms with Gasteiger partial charge in [-0.1, -0.05) is 78.1 Å². The van der Waals surface area contributed by atoms with E-state index in [2.05, 4.69) is 13.8 Å². The lowest BCUT2D eigenvalue weighted by Gasteiger charge is -2.20. The third-order valence-electron chi connectivity index (χ3n) is 3.84. The van der Waals surface area contributed by atoms with Gasteiger partial charge in [0, 0.05) is 0 Å². The topological polar surface area (TPSA) is 0 Å². The number of hydrogen-bond donors (Lipinski definition) is 0. The Morgan fingerprint density at radius 3 is 1.36 bits per heavy atom. The first-order chi connectivity index (χ1) is 6.80.